The van der Waals surface area contributed by atoms with E-state index in [2.05, 4.69) is 44.3 Å². The predicted octanol–water partition coefficient (Wildman–Crippen LogP) is 5.40. The minimum atomic E-state index is 0.455. The smallest absolute Gasteiger partial charge is 0.320 e. The molecule has 1 N–H and O–H groups in total. The first-order chi connectivity index (χ1) is 13.1. The van der Waals surface area contributed by atoms with E-state index in [1.54, 1.807) is 4.68 Å². The number of nitrogens with one attached hydrogen (secondary N) is 1. The third-order valence-corrected chi connectivity index (χ3v) is 4.77. The first-order valence-electron chi connectivity index (χ1n) is 8.84. The zero-order valence-corrected chi connectivity index (χ0v) is 17.7. The summed E-state index contributed by atoms with van der Waals surface area (Å²) >= 11 is 8.93. The number of aromatic nitrogens is 3. The number of halogens is 1. The number of benzene rings is 2. The fourth-order valence-corrected chi connectivity index (χ4v) is 3.13. The van der Waals surface area contributed by atoms with Crippen LogP contribution in [0.5, 0.6) is 11.8 Å². The van der Waals surface area contributed by atoms with Gasteiger partial charge in [0.2, 0.25) is 0 Å². The third-order valence-electron chi connectivity index (χ3n) is 3.99. The van der Waals surface area contributed by atoms with Gasteiger partial charge in [-0.2, -0.15) is 10.1 Å². The monoisotopic (exact) mass is 444 g/mol. The van der Waals surface area contributed by atoms with Crippen molar-refractivity contribution in [1.82, 2.24) is 14.8 Å². The van der Waals surface area contributed by atoms with Crippen LogP contribution in [0, 0.1) is 0 Å². The molecule has 5 nitrogen and oxygen atoms in total. The zero-order valence-electron chi connectivity index (χ0n) is 15.3. The van der Waals surface area contributed by atoms with E-state index in [9.17, 15) is 0 Å². The Morgan fingerprint density at radius 2 is 1.89 bits per heavy atom. The van der Waals surface area contributed by atoms with Gasteiger partial charge in [0.05, 0.1) is 11.4 Å². The van der Waals surface area contributed by atoms with Crippen molar-refractivity contribution in [3.05, 3.63) is 64.4 Å². The van der Waals surface area contributed by atoms with Crippen LogP contribution in [0.3, 0.4) is 0 Å². The van der Waals surface area contributed by atoms with Gasteiger partial charge in [-0.25, -0.2) is 4.68 Å². The highest BCUT2D eigenvalue weighted by Gasteiger charge is 2.13. The maximum Gasteiger partial charge on any atom is 0.320 e. The summed E-state index contributed by atoms with van der Waals surface area (Å²) in [5.41, 5.74) is 2.26. The highest BCUT2D eigenvalue weighted by atomic mass is 79.9. The molecule has 0 radical (unpaired) electrons. The van der Waals surface area contributed by atoms with Gasteiger partial charge in [-0.3, -0.25) is 0 Å². The number of aryl methyl sites for hydroxylation is 2. The van der Waals surface area contributed by atoms with E-state index in [4.69, 9.17) is 17.0 Å². The molecule has 0 fully saturated rings. The van der Waals surface area contributed by atoms with Crippen molar-refractivity contribution in [2.45, 2.75) is 33.2 Å². The van der Waals surface area contributed by atoms with Crippen LogP contribution in [-0.2, 0) is 19.4 Å². The molecule has 0 bridgehead atoms. The van der Waals surface area contributed by atoms with Crippen molar-refractivity contribution in [2.75, 3.05) is 5.32 Å². The molecular weight excluding hydrogens is 424 g/mol. The van der Waals surface area contributed by atoms with Crippen LogP contribution in [0.1, 0.15) is 25.2 Å². The Morgan fingerprint density at radius 1 is 1.15 bits per heavy atom. The quantitative estimate of drug-likeness (QED) is 0.494. The minimum Gasteiger partial charge on any atom is -0.424 e. The van der Waals surface area contributed by atoms with Gasteiger partial charge >= 0.3 is 6.01 Å². The van der Waals surface area contributed by atoms with Gasteiger partial charge in [-0.1, -0.05) is 53.3 Å². The van der Waals surface area contributed by atoms with Crippen LogP contribution in [0.25, 0.3) is 0 Å². The topological polar surface area (TPSA) is 52.0 Å². The molecule has 7 heteroatoms. The molecule has 0 aliphatic carbocycles. The molecule has 0 atom stereocenters. The van der Waals surface area contributed by atoms with Gasteiger partial charge < -0.3 is 10.1 Å². The van der Waals surface area contributed by atoms with E-state index in [0.717, 1.165) is 16.6 Å². The van der Waals surface area contributed by atoms with Crippen molar-refractivity contribution in [1.29, 1.82) is 0 Å². The van der Waals surface area contributed by atoms with Crippen molar-refractivity contribution >= 4 is 38.8 Å². The Kier molecular flexibility index (Phi) is 6.58. The maximum atomic E-state index is 5.88. The Hall–Kier alpha value is -2.25. The van der Waals surface area contributed by atoms with Crippen LogP contribution in [0.2, 0.25) is 0 Å². The van der Waals surface area contributed by atoms with Crippen LogP contribution in [-0.4, -0.2) is 19.8 Å². The van der Waals surface area contributed by atoms with E-state index in [-0.39, 0.29) is 0 Å². The summed E-state index contributed by atoms with van der Waals surface area (Å²) in [4.78, 5) is 5.19. The van der Waals surface area contributed by atoms with Crippen molar-refractivity contribution in [3.8, 4) is 11.8 Å². The lowest BCUT2D eigenvalue weighted by Crippen LogP contribution is -2.14. The lowest BCUT2D eigenvalue weighted by Gasteiger charge is -2.10. The van der Waals surface area contributed by atoms with E-state index in [0.29, 0.717) is 35.5 Å². The molecule has 0 amide bonds. The molecule has 1 heterocycles. The van der Waals surface area contributed by atoms with Gasteiger partial charge in [0.1, 0.15) is 5.75 Å². The number of ether oxygens (including phenoxy) is 1. The number of nitrogens with zero attached hydrogens (tertiary/aromatic N) is 3. The highest BCUT2D eigenvalue weighted by molar-refractivity contribution is 9.10. The first-order valence-corrected chi connectivity index (χ1v) is 10.0. The molecule has 140 valence electrons. The van der Waals surface area contributed by atoms with Crippen molar-refractivity contribution in [2.24, 2.45) is 0 Å². The molecule has 0 saturated heterocycles. The van der Waals surface area contributed by atoms with Crippen LogP contribution >= 0.6 is 28.1 Å². The van der Waals surface area contributed by atoms with E-state index in [1.165, 1.54) is 5.56 Å². The maximum absolute atomic E-state index is 5.88. The molecule has 1 aromatic heterocycles. The van der Waals surface area contributed by atoms with Gasteiger partial charge in [-0.05, 0) is 49.2 Å². The molecule has 0 aliphatic heterocycles. The number of thiocarbonyl (C=S) groups is 1. The molecule has 3 rings (SSSR count). The minimum absolute atomic E-state index is 0.455. The van der Waals surface area contributed by atoms with Gasteiger partial charge in [0.15, 0.2) is 5.82 Å². The summed E-state index contributed by atoms with van der Waals surface area (Å²) in [5, 5.41) is 7.82. The summed E-state index contributed by atoms with van der Waals surface area (Å²) in [6, 6.07) is 16.2. The molecule has 0 unspecified atom stereocenters. The largest absolute Gasteiger partial charge is 0.424 e. The lowest BCUT2D eigenvalue weighted by molar-refractivity contribution is 0.402. The van der Waals surface area contributed by atoms with Crippen molar-refractivity contribution in [3.63, 3.8) is 0 Å². The third kappa shape index (κ3) is 5.14. The second kappa shape index (κ2) is 9.10. The predicted molar refractivity (Wildman–Crippen MR) is 116 cm³/mol. The fourth-order valence-electron chi connectivity index (χ4n) is 2.63. The zero-order chi connectivity index (χ0) is 19.2. The van der Waals surface area contributed by atoms with Crippen LogP contribution < -0.4 is 10.1 Å². The molecule has 2 aromatic carbocycles. The Morgan fingerprint density at radius 3 is 2.59 bits per heavy atom. The van der Waals surface area contributed by atoms with E-state index in [1.807, 2.05) is 49.4 Å². The lowest BCUT2D eigenvalue weighted by atomic mass is 10.1. The molecule has 3 aromatic rings. The molecule has 0 spiro atoms. The Labute approximate surface area is 172 Å². The Balaban J connectivity index is 1.70. The summed E-state index contributed by atoms with van der Waals surface area (Å²) in [6.45, 7) is 4.79. The van der Waals surface area contributed by atoms with Crippen molar-refractivity contribution < 1.29 is 4.74 Å². The van der Waals surface area contributed by atoms with E-state index < -0.39 is 0 Å². The molecule has 0 saturated carbocycles. The summed E-state index contributed by atoms with van der Waals surface area (Å²) in [6.07, 6.45) is 1.40. The number of anilines is 1. The highest BCUT2D eigenvalue weighted by Crippen LogP contribution is 2.22. The van der Waals surface area contributed by atoms with E-state index >= 15 is 0 Å². The van der Waals surface area contributed by atoms with Crippen LogP contribution in [0.4, 0.5) is 5.69 Å². The summed E-state index contributed by atoms with van der Waals surface area (Å²) in [5.74, 6) is 1.35. The average molecular weight is 445 g/mol. The SMILES string of the molecule is CCc1ccccc1NC(=S)Cc1nc(Oc2ccc(Br)cc2)n(CC)n1. The summed E-state index contributed by atoms with van der Waals surface area (Å²) in [7, 11) is 0. The van der Waals surface area contributed by atoms with Gasteiger partial charge in [-0.15, -0.1) is 0 Å². The standard InChI is InChI=1S/C20H21BrN4OS/c1-3-14-7-5-6-8-17(14)22-19(27)13-18-23-20(25(4-2)24-18)26-16-11-9-15(21)10-12-16/h5-12H,3-4,13H2,1-2H3,(H,22,27). The second-order valence-electron chi connectivity index (χ2n) is 5.92. The number of rotatable bonds is 7. The second-order valence-corrected chi connectivity index (χ2v) is 7.33. The average Bonchev–Trinajstić information content (AvgIpc) is 3.05. The molecular formula is C20H21BrN4OS. The fraction of sp³-hybridized carbons (Fsp3) is 0.250. The molecule has 0 aliphatic rings. The van der Waals surface area contributed by atoms with Gasteiger partial charge in [0, 0.05) is 16.7 Å². The van der Waals surface area contributed by atoms with Crippen LogP contribution in [0.15, 0.2) is 53.0 Å². The number of hydrogen-bond donors (Lipinski definition) is 1. The number of para-hydroxylation sites is 1. The first kappa shape index (κ1) is 19.5. The Bertz CT molecular complexity index is 924. The molecule has 27 heavy (non-hydrogen) atoms. The summed E-state index contributed by atoms with van der Waals surface area (Å²) < 4.78 is 8.61. The normalized spacial score (nSPS) is 10.6. The number of hydrogen-bond acceptors (Lipinski definition) is 4. The van der Waals surface area contributed by atoms with Gasteiger partial charge in [0.25, 0.3) is 0 Å².